The molecule has 0 atom stereocenters. The molecule has 0 amide bonds. The highest BCUT2D eigenvalue weighted by molar-refractivity contribution is 6.09. The van der Waals surface area contributed by atoms with E-state index in [1.165, 1.54) is 4.68 Å². The lowest BCUT2D eigenvalue weighted by molar-refractivity contribution is 0.764. The molecule has 5 rings (SSSR count). The van der Waals surface area contributed by atoms with E-state index in [1.54, 1.807) is 13.0 Å². The van der Waals surface area contributed by atoms with E-state index in [-0.39, 0.29) is 5.56 Å². The van der Waals surface area contributed by atoms with Gasteiger partial charge in [0.1, 0.15) is 5.82 Å². The second-order valence-electron chi connectivity index (χ2n) is 7.45. The maximum absolute atomic E-state index is 13.2. The molecule has 2 heterocycles. The summed E-state index contributed by atoms with van der Waals surface area (Å²) in [4.78, 5) is 21.0. The zero-order chi connectivity index (χ0) is 22.1. The van der Waals surface area contributed by atoms with Gasteiger partial charge in [-0.3, -0.25) is 4.79 Å². The number of para-hydroxylation sites is 2. The van der Waals surface area contributed by atoms with Gasteiger partial charge in [-0.2, -0.15) is 4.68 Å². The minimum Gasteiger partial charge on any atom is -0.360 e. The van der Waals surface area contributed by atoms with Gasteiger partial charge < -0.3 is 4.98 Å². The van der Waals surface area contributed by atoms with E-state index in [0.717, 1.165) is 27.7 Å². The molecule has 5 aromatic rings. The number of benzene rings is 3. The number of hydrogen-bond donors (Lipinski definition) is 1. The monoisotopic (exact) mass is 420 g/mol. The molecule has 0 unspecified atom stereocenters. The fourth-order valence-electron chi connectivity index (χ4n) is 3.61. The lowest BCUT2D eigenvalue weighted by Crippen LogP contribution is -2.22. The van der Waals surface area contributed by atoms with Crippen molar-refractivity contribution >= 4 is 33.3 Å². The summed E-state index contributed by atoms with van der Waals surface area (Å²) in [5.41, 5.74) is 3.81. The Morgan fingerprint density at radius 3 is 2.47 bits per heavy atom. The third-order valence-electron chi connectivity index (χ3n) is 5.31. The third-order valence-corrected chi connectivity index (χ3v) is 5.31. The van der Waals surface area contributed by atoms with E-state index in [2.05, 4.69) is 25.3 Å². The third kappa shape index (κ3) is 3.50. The van der Waals surface area contributed by atoms with Crippen molar-refractivity contribution in [3.05, 3.63) is 106 Å². The lowest BCUT2D eigenvalue weighted by atomic mass is 10.1. The van der Waals surface area contributed by atoms with Crippen LogP contribution in [-0.4, -0.2) is 20.5 Å². The van der Waals surface area contributed by atoms with E-state index >= 15 is 0 Å². The summed E-state index contributed by atoms with van der Waals surface area (Å²) < 4.78 is 1.29. The minimum absolute atomic E-state index is 0.253. The summed E-state index contributed by atoms with van der Waals surface area (Å²) in [7, 11) is 0. The van der Waals surface area contributed by atoms with Gasteiger partial charge in [-0.1, -0.05) is 48.5 Å². The summed E-state index contributed by atoms with van der Waals surface area (Å²) in [6.07, 6.45) is 1.83. The second kappa shape index (κ2) is 8.03. The predicted molar refractivity (Wildman–Crippen MR) is 127 cm³/mol. The van der Waals surface area contributed by atoms with Gasteiger partial charge in [0, 0.05) is 22.7 Å². The van der Waals surface area contributed by atoms with Crippen LogP contribution in [0.3, 0.4) is 0 Å². The molecule has 2 aromatic heterocycles. The number of fused-ring (bicyclic) bond motifs is 2. The zero-order valence-electron chi connectivity index (χ0n) is 17.6. The average molecular weight is 420 g/mol. The topological polar surface area (TPSA) is 87.8 Å². The molecule has 156 valence electrons. The van der Waals surface area contributed by atoms with Crippen molar-refractivity contribution in [2.75, 3.05) is 0 Å². The number of aryl methyl sites for hydroxylation is 2. The smallest absolute Gasteiger partial charge is 0.282 e. The van der Waals surface area contributed by atoms with Gasteiger partial charge in [-0.25, -0.2) is 4.98 Å². The fourth-order valence-corrected chi connectivity index (χ4v) is 3.61. The molecule has 0 aliphatic rings. The molecule has 7 heteroatoms. The Balaban J connectivity index is 1.73. The number of amidine groups is 1. The maximum Gasteiger partial charge on any atom is 0.282 e. The Morgan fingerprint density at radius 1 is 0.906 bits per heavy atom. The molecular formula is C25H20N6O. The number of nitrogens with one attached hydrogen (secondary N) is 1. The van der Waals surface area contributed by atoms with Gasteiger partial charge in [-0.05, 0) is 43.7 Å². The van der Waals surface area contributed by atoms with Gasteiger partial charge in [0.15, 0.2) is 0 Å². The number of hydrogen-bond acceptors (Lipinski definition) is 4. The lowest BCUT2D eigenvalue weighted by Gasteiger charge is -2.07. The Bertz CT molecular complexity index is 1570. The standard InChI is InChI=1S/C25H20N6O/c1-16-9-3-6-12-21(16)28-29-24(20-15-26-22-13-7-4-10-18(20)22)30-31-17(2)27-23-14-8-5-11-19(23)25(31)32/h3-15,26H,1-2H3/b29-28?,30-24-. The van der Waals surface area contributed by atoms with E-state index in [9.17, 15) is 4.79 Å². The Morgan fingerprint density at radius 2 is 1.62 bits per heavy atom. The molecule has 32 heavy (non-hydrogen) atoms. The van der Waals surface area contributed by atoms with Gasteiger partial charge >= 0.3 is 0 Å². The highest BCUT2D eigenvalue weighted by atomic mass is 16.1. The highest BCUT2D eigenvalue weighted by Gasteiger charge is 2.13. The van der Waals surface area contributed by atoms with Crippen LogP contribution in [0, 0.1) is 13.8 Å². The number of aromatic nitrogens is 3. The highest BCUT2D eigenvalue weighted by Crippen LogP contribution is 2.22. The molecule has 0 radical (unpaired) electrons. The summed E-state index contributed by atoms with van der Waals surface area (Å²) in [5.74, 6) is 0.783. The SMILES string of the molecule is Cc1ccccc1N=N/C(=N\n1c(C)nc2ccccc2c1=O)c1c[nH]c2ccccc12. The molecule has 0 aliphatic heterocycles. The molecule has 0 fully saturated rings. The Kier molecular flexibility index (Phi) is 4.91. The fraction of sp³-hybridized carbons (Fsp3) is 0.0800. The number of nitrogens with zero attached hydrogens (tertiary/aromatic N) is 5. The van der Waals surface area contributed by atoms with Crippen LogP contribution in [0.1, 0.15) is 17.0 Å². The Labute approximate surface area is 183 Å². The molecule has 3 aromatic carbocycles. The van der Waals surface area contributed by atoms with Crippen LogP contribution in [0.2, 0.25) is 0 Å². The first-order valence-electron chi connectivity index (χ1n) is 10.2. The Hall–Kier alpha value is -4.39. The van der Waals surface area contributed by atoms with Crippen molar-refractivity contribution in [1.82, 2.24) is 14.6 Å². The molecule has 0 aliphatic carbocycles. The van der Waals surface area contributed by atoms with E-state index < -0.39 is 0 Å². The molecule has 1 N–H and O–H groups in total. The largest absolute Gasteiger partial charge is 0.360 e. The molecule has 7 nitrogen and oxygen atoms in total. The first kappa shape index (κ1) is 19.6. The van der Waals surface area contributed by atoms with Crippen molar-refractivity contribution in [1.29, 1.82) is 0 Å². The maximum atomic E-state index is 13.2. The average Bonchev–Trinajstić information content (AvgIpc) is 3.24. The van der Waals surface area contributed by atoms with Crippen LogP contribution in [0.5, 0.6) is 0 Å². The van der Waals surface area contributed by atoms with Crippen molar-refractivity contribution in [3.8, 4) is 0 Å². The summed E-state index contributed by atoms with van der Waals surface area (Å²) in [6.45, 7) is 3.72. The van der Waals surface area contributed by atoms with Crippen LogP contribution >= 0.6 is 0 Å². The molecule has 0 saturated carbocycles. The first-order valence-corrected chi connectivity index (χ1v) is 10.2. The summed E-state index contributed by atoms with van der Waals surface area (Å²) in [6, 6.07) is 22.8. The van der Waals surface area contributed by atoms with E-state index in [0.29, 0.717) is 22.6 Å². The van der Waals surface area contributed by atoms with Crippen molar-refractivity contribution in [2.45, 2.75) is 13.8 Å². The molecule has 0 spiro atoms. The summed E-state index contributed by atoms with van der Waals surface area (Å²) >= 11 is 0. The van der Waals surface area contributed by atoms with Crippen LogP contribution in [-0.2, 0) is 0 Å². The zero-order valence-corrected chi connectivity index (χ0v) is 17.6. The normalized spacial score (nSPS) is 12.2. The van der Waals surface area contributed by atoms with Crippen molar-refractivity contribution in [3.63, 3.8) is 0 Å². The van der Waals surface area contributed by atoms with Gasteiger partial charge in [0.25, 0.3) is 5.56 Å². The van der Waals surface area contributed by atoms with E-state index in [1.807, 2.05) is 79.9 Å². The van der Waals surface area contributed by atoms with Crippen LogP contribution in [0.25, 0.3) is 21.8 Å². The van der Waals surface area contributed by atoms with Crippen molar-refractivity contribution < 1.29 is 0 Å². The number of rotatable bonds is 3. The number of H-pyrrole nitrogens is 1. The molecule has 0 bridgehead atoms. The quantitative estimate of drug-likeness (QED) is 0.238. The molecular weight excluding hydrogens is 400 g/mol. The van der Waals surface area contributed by atoms with Crippen molar-refractivity contribution in [2.24, 2.45) is 15.3 Å². The minimum atomic E-state index is -0.253. The molecule has 0 saturated heterocycles. The number of azo groups is 1. The van der Waals surface area contributed by atoms with Gasteiger partial charge in [-0.15, -0.1) is 15.3 Å². The predicted octanol–water partition coefficient (Wildman–Crippen LogP) is 5.49. The van der Waals surface area contributed by atoms with E-state index in [4.69, 9.17) is 0 Å². The second-order valence-corrected chi connectivity index (χ2v) is 7.45. The van der Waals surface area contributed by atoms with Crippen LogP contribution in [0.4, 0.5) is 5.69 Å². The van der Waals surface area contributed by atoms with Gasteiger partial charge in [0.2, 0.25) is 5.84 Å². The number of aromatic amines is 1. The van der Waals surface area contributed by atoms with Crippen LogP contribution < -0.4 is 5.56 Å². The van der Waals surface area contributed by atoms with Crippen LogP contribution in [0.15, 0.2) is 99.1 Å². The summed E-state index contributed by atoms with van der Waals surface area (Å²) in [5, 5.41) is 15.0. The first-order chi connectivity index (χ1) is 15.6. The van der Waals surface area contributed by atoms with Gasteiger partial charge in [0.05, 0.1) is 16.6 Å².